The highest BCUT2D eigenvalue weighted by molar-refractivity contribution is 6.32. The third-order valence-corrected chi connectivity index (χ3v) is 3.37. The minimum atomic E-state index is -0.960. The SMILES string of the molecule is COC(=O)C(=O)N1CCC[C@H]1C(=O)OCc1ccccc1. The van der Waals surface area contributed by atoms with Crippen LogP contribution in [-0.2, 0) is 30.5 Å². The number of likely N-dealkylation sites (tertiary alicyclic amines) is 1. The van der Waals surface area contributed by atoms with Gasteiger partial charge in [-0.25, -0.2) is 9.59 Å². The summed E-state index contributed by atoms with van der Waals surface area (Å²) in [7, 11) is 1.14. The molecule has 1 aromatic rings. The molecule has 21 heavy (non-hydrogen) atoms. The number of esters is 2. The Bertz CT molecular complexity index is 528. The maximum Gasteiger partial charge on any atom is 0.396 e. The van der Waals surface area contributed by atoms with Crippen LogP contribution in [0.4, 0.5) is 0 Å². The molecule has 0 aromatic heterocycles. The van der Waals surface area contributed by atoms with E-state index in [1.54, 1.807) is 0 Å². The molecule has 1 heterocycles. The highest BCUT2D eigenvalue weighted by atomic mass is 16.5. The lowest BCUT2D eigenvalue weighted by atomic mass is 10.2. The molecule has 0 radical (unpaired) electrons. The number of amides is 1. The lowest BCUT2D eigenvalue weighted by Gasteiger charge is -2.21. The maximum atomic E-state index is 12.1. The van der Waals surface area contributed by atoms with Gasteiger partial charge < -0.3 is 14.4 Å². The molecule has 1 amide bonds. The zero-order valence-corrected chi connectivity index (χ0v) is 11.8. The molecule has 112 valence electrons. The Morgan fingerprint density at radius 3 is 2.62 bits per heavy atom. The number of rotatable bonds is 3. The van der Waals surface area contributed by atoms with Gasteiger partial charge in [0.05, 0.1) is 7.11 Å². The molecule has 1 aliphatic heterocycles. The third kappa shape index (κ3) is 3.59. The number of carbonyl (C=O) groups excluding carboxylic acids is 3. The number of methoxy groups -OCH3 is 1. The summed E-state index contributed by atoms with van der Waals surface area (Å²) in [5, 5.41) is 0. The minimum absolute atomic E-state index is 0.149. The Hall–Kier alpha value is -2.37. The molecule has 1 aliphatic rings. The fraction of sp³-hybridized carbons (Fsp3) is 0.400. The average Bonchev–Trinajstić information content (AvgIpc) is 3.01. The van der Waals surface area contributed by atoms with Crippen molar-refractivity contribution in [1.29, 1.82) is 0 Å². The van der Waals surface area contributed by atoms with Crippen LogP contribution in [0.1, 0.15) is 18.4 Å². The molecular weight excluding hydrogens is 274 g/mol. The molecular formula is C15H17NO5. The highest BCUT2D eigenvalue weighted by Crippen LogP contribution is 2.19. The van der Waals surface area contributed by atoms with Gasteiger partial charge in [0.25, 0.3) is 0 Å². The molecule has 0 N–H and O–H groups in total. The first-order chi connectivity index (χ1) is 10.1. The molecule has 6 heteroatoms. The normalized spacial score (nSPS) is 17.4. The standard InChI is InChI=1S/C15H17NO5/c1-20-15(19)13(17)16-9-5-8-12(16)14(18)21-10-11-6-3-2-4-7-11/h2-4,6-7,12H,5,8-10H2,1H3/t12-/m0/s1. The second kappa shape index (κ2) is 6.88. The Morgan fingerprint density at radius 2 is 1.95 bits per heavy atom. The van der Waals surface area contributed by atoms with Crippen LogP contribution in [0.15, 0.2) is 30.3 Å². The summed E-state index contributed by atoms with van der Waals surface area (Å²) in [6.07, 6.45) is 1.16. The molecule has 1 fully saturated rings. The smallest absolute Gasteiger partial charge is 0.396 e. The maximum absolute atomic E-state index is 12.1. The van der Waals surface area contributed by atoms with E-state index in [0.29, 0.717) is 19.4 Å². The van der Waals surface area contributed by atoms with Gasteiger partial charge >= 0.3 is 17.8 Å². The van der Waals surface area contributed by atoms with Crippen LogP contribution < -0.4 is 0 Å². The quantitative estimate of drug-likeness (QED) is 0.611. The molecule has 6 nitrogen and oxygen atoms in total. The van der Waals surface area contributed by atoms with E-state index in [2.05, 4.69) is 4.74 Å². The van der Waals surface area contributed by atoms with Gasteiger partial charge in [0.1, 0.15) is 12.6 Å². The van der Waals surface area contributed by atoms with Crippen molar-refractivity contribution < 1.29 is 23.9 Å². The Labute approximate surface area is 122 Å². The van der Waals surface area contributed by atoms with E-state index in [4.69, 9.17) is 4.74 Å². The second-order valence-corrected chi connectivity index (χ2v) is 4.74. The predicted molar refractivity (Wildman–Crippen MR) is 73.0 cm³/mol. The number of ether oxygens (including phenoxy) is 2. The molecule has 1 saturated heterocycles. The van der Waals surface area contributed by atoms with E-state index in [1.165, 1.54) is 4.90 Å². The molecule has 0 aliphatic carbocycles. The Morgan fingerprint density at radius 1 is 1.24 bits per heavy atom. The lowest BCUT2D eigenvalue weighted by Crippen LogP contribution is -2.44. The molecule has 1 atom stereocenters. The van der Waals surface area contributed by atoms with E-state index >= 15 is 0 Å². The zero-order chi connectivity index (χ0) is 15.2. The number of benzene rings is 1. The first kappa shape index (κ1) is 15.0. The van der Waals surface area contributed by atoms with Crippen molar-refractivity contribution in [3.05, 3.63) is 35.9 Å². The molecule has 2 rings (SSSR count). The van der Waals surface area contributed by atoms with Crippen LogP contribution in [0.2, 0.25) is 0 Å². The second-order valence-electron chi connectivity index (χ2n) is 4.74. The molecule has 0 spiro atoms. The first-order valence-electron chi connectivity index (χ1n) is 6.73. The zero-order valence-electron chi connectivity index (χ0n) is 11.8. The fourth-order valence-corrected chi connectivity index (χ4v) is 2.28. The van der Waals surface area contributed by atoms with Gasteiger partial charge in [-0.15, -0.1) is 0 Å². The number of hydrogen-bond acceptors (Lipinski definition) is 5. The van der Waals surface area contributed by atoms with Crippen molar-refractivity contribution in [1.82, 2.24) is 4.90 Å². The summed E-state index contributed by atoms with van der Waals surface area (Å²) in [6, 6.07) is 8.57. The van der Waals surface area contributed by atoms with Crippen LogP contribution >= 0.6 is 0 Å². The predicted octanol–water partition coefficient (Wildman–Crippen LogP) is 0.894. The Kier molecular flexibility index (Phi) is 4.92. The average molecular weight is 291 g/mol. The summed E-state index contributed by atoms with van der Waals surface area (Å²) in [5.41, 5.74) is 0.870. The van der Waals surface area contributed by atoms with Gasteiger partial charge in [0, 0.05) is 6.54 Å². The van der Waals surface area contributed by atoms with Crippen molar-refractivity contribution >= 4 is 17.8 Å². The van der Waals surface area contributed by atoms with E-state index in [1.807, 2.05) is 30.3 Å². The van der Waals surface area contributed by atoms with Crippen molar-refractivity contribution in [2.24, 2.45) is 0 Å². The van der Waals surface area contributed by atoms with Crippen LogP contribution in [0.3, 0.4) is 0 Å². The summed E-state index contributed by atoms with van der Waals surface area (Å²) >= 11 is 0. The summed E-state index contributed by atoms with van der Waals surface area (Å²) in [6.45, 7) is 0.509. The largest absolute Gasteiger partial charge is 0.462 e. The highest BCUT2D eigenvalue weighted by Gasteiger charge is 2.38. The van der Waals surface area contributed by atoms with Crippen molar-refractivity contribution in [2.45, 2.75) is 25.5 Å². The molecule has 0 saturated carbocycles. The van der Waals surface area contributed by atoms with E-state index in [-0.39, 0.29) is 6.61 Å². The van der Waals surface area contributed by atoms with E-state index in [0.717, 1.165) is 12.7 Å². The number of carbonyl (C=O) groups is 3. The topological polar surface area (TPSA) is 72.9 Å². The van der Waals surface area contributed by atoms with E-state index in [9.17, 15) is 14.4 Å². The van der Waals surface area contributed by atoms with E-state index < -0.39 is 23.9 Å². The third-order valence-electron chi connectivity index (χ3n) is 3.37. The summed E-state index contributed by atoms with van der Waals surface area (Å²) in [5.74, 6) is -2.25. The minimum Gasteiger partial charge on any atom is -0.462 e. The van der Waals surface area contributed by atoms with Crippen LogP contribution in [0.5, 0.6) is 0 Å². The van der Waals surface area contributed by atoms with Crippen molar-refractivity contribution in [3.8, 4) is 0 Å². The summed E-state index contributed by atoms with van der Waals surface area (Å²) in [4.78, 5) is 36.4. The van der Waals surface area contributed by atoms with Crippen molar-refractivity contribution in [2.75, 3.05) is 13.7 Å². The van der Waals surface area contributed by atoms with Crippen LogP contribution in [0, 0.1) is 0 Å². The van der Waals surface area contributed by atoms with Gasteiger partial charge in [-0.3, -0.25) is 4.79 Å². The van der Waals surface area contributed by atoms with Gasteiger partial charge in [0.2, 0.25) is 0 Å². The fourth-order valence-electron chi connectivity index (χ4n) is 2.28. The monoisotopic (exact) mass is 291 g/mol. The van der Waals surface area contributed by atoms with Crippen LogP contribution in [0.25, 0.3) is 0 Å². The van der Waals surface area contributed by atoms with Gasteiger partial charge in [-0.2, -0.15) is 0 Å². The number of nitrogens with zero attached hydrogens (tertiary/aromatic N) is 1. The number of hydrogen-bond donors (Lipinski definition) is 0. The lowest BCUT2D eigenvalue weighted by molar-refractivity contribution is -0.163. The van der Waals surface area contributed by atoms with Gasteiger partial charge in [-0.05, 0) is 18.4 Å². The summed E-state index contributed by atoms with van der Waals surface area (Å²) < 4.78 is 9.62. The molecule has 0 bridgehead atoms. The van der Waals surface area contributed by atoms with Crippen molar-refractivity contribution in [3.63, 3.8) is 0 Å². The van der Waals surface area contributed by atoms with Gasteiger partial charge in [0.15, 0.2) is 0 Å². The molecule has 0 unspecified atom stereocenters. The molecule has 1 aromatic carbocycles. The van der Waals surface area contributed by atoms with Gasteiger partial charge in [-0.1, -0.05) is 30.3 Å². The first-order valence-corrected chi connectivity index (χ1v) is 6.73. The van der Waals surface area contributed by atoms with Crippen LogP contribution in [-0.4, -0.2) is 42.4 Å². The Balaban J connectivity index is 1.95.